The van der Waals surface area contributed by atoms with Gasteiger partial charge >= 0.3 is 0 Å². The lowest BCUT2D eigenvalue weighted by molar-refractivity contribution is -0.384. The number of benzene rings is 1. The maximum Gasteiger partial charge on any atom is 0.273 e. The van der Waals surface area contributed by atoms with Gasteiger partial charge in [-0.05, 0) is 22.0 Å². The minimum atomic E-state index is -0.524. The maximum absolute atomic E-state index is 10.7. The number of aromatic nitrogens is 2. The van der Waals surface area contributed by atoms with Gasteiger partial charge < -0.3 is 4.74 Å². The largest absolute Gasteiger partial charge is 0.436 e. The Morgan fingerprint density at radius 3 is 2.74 bits per heavy atom. The summed E-state index contributed by atoms with van der Waals surface area (Å²) in [5.74, 6) is 0.383. The van der Waals surface area contributed by atoms with Gasteiger partial charge in [-0.25, -0.2) is 9.97 Å². The Bertz CT molecular complexity index is 667. The van der Waals surface area contributed by atoms with Crippen molar-refractivity contribution in [3.8, 4) is 17.7 Å². The van der Waals surface area contributed by atoms with Gasteiger partial charge in [0, 0.05) is 6.07 Å². The van der Waals surface area contributed by atoms with Crippen molar-refractivity contribution in [2.45, 2.75) is 0 Å². The normalized spacial score (nSPS) is 9.68. The summed E-state index contributed by atoms with van der Waals surface area (Å²) in [6, 6.07) is 5.95. The van der Waals surface area contributed by atoms with E-state index in [1.54, 1.807) is 0 Å². The number of ether oxygens (including phenoxy) is 1. The third-order valence-corrected chi connectivity index (χ3v) is 2.74. The van der Waals surface area contributed by atoms with Crippen LogP contribution in [-0.4, -0.2) is 14.9 Å². The van der Waals surface area contributed by atoms with Crippen LogP contribution in [0, 0.1) is 21.4 Å². The first-order valence-electron chi connectivity index (χ1n) is 4.94. The van der Waals surface area contributed by atoms with Crippen LogP contribution >= 0.6 is 15.9 Å². The van der Waals surface area contributed by atoms with Crippen LogP contribution in [-0.2, 0) is 0 Å². The van der Waals surface area contributed by atoms with Gasteiger partial charge in [0.25, 0.3) is 5.69 Å². The highest BCUT2D eigenvalue weighted by Gasteiger charge is 2.11. The third kappa shape index (κ3) is 3.02. The van der Waals surface area contributed by atoms with Crippen molar-refractivity contribution < 1.29 is 9.66 Å². The van der Waals surface area contributed by atoms with Crippen molar-refractivity contribution >= 4 is 21.6 Å². The first kappa shape index (κ1) is 12.9. The molecule has 0 atom stereocenters. The maximum atomic E-state index is 10.7. The average Bonchev–Trinajstić information content (AvgIpc) is 2.42. The zero-order valence-electron chi connectivity index (χ0n) is 9.28. The Hall–Kier alpha value is -2.53. The van der Waals surface area contributed by atoms with Crippen molar-refractivity contribution in [3.63, 3.8) is 0 Å². The number of nitro groups is 1. The Labute approximate surface area is 115 Å². The summed E-state index contributed by atoms with van der Waals surface area (Å²) in [5, 5.41) is 19.3. The van der Waals surface area contributed by atoms with E-state index in [0.29, 0.717) is 4.47 Å². The summed E-state index contributed by atoms with van der Waals surface area (Å²) in [6.45, 7) is 0. The SMILES string of the molecule is N#Cc1cnc(Oc2cc([N+](=O)[O-])ccc2Br)cn1. The van der Waals surface area contributed by atoms with Gasteiger partial charge in [0.1, 0.15) is 6.07 Å². The fraction of sp³-hybridized carbons (Fsp3) is 0. The molecule has 0 saturated carbocycles. The van der Waals surface area contributed by atoms with Gasteiger partial charge in [-0.1, -0.05) is 0 Å². The van der Waals surface area contributed by atoms with Gasteiger partial charge in [0.2, 0.25) is 5.88 Å². The summed E-state index contributed by atoms with van der Waals surface area (Å²) in [5.41, 5.74) is 0.0604. The van der Waals surface area contributed by atoms with Crippen LogP contribution in [0.5, 0.6) is 11.6 Å². The monoisotopic (exact) mass is 320 g/mol. The summed E-state index contributed by atoms with van der Waals surface area (Å²) >= 11 is 3.22. The van der Waals surface area contributed by atoms with Gasteiger partial charge in [0.05, 0.1) is 27.9 Å². The smallest absolute Gasteiger partial charge is 0.273 e. The number of non-ortho nitro benzene ring substituents is 1. The summed E-state index contributed by atoms with van der Waals surface area (Å²) < 4.78 is 5.91. The molecule has 0 amide bonds. The van der Waals surface area contributed by atoms with E-state index < -0.39 is 4.92 Å². The molecule has 0 radical (unpaired) electrons. The van der Waals surface area contributed by atoms with E-state index in [1.807, 2.05) is 6.07 Å². The van der Waals surface area contributed by atoms with E-state index >= 15 is 0 Å². The number of hydrogen-bond donors (Lipinski definition) is 0. The van der Waals surface area contributed by atoms with Crippen LogP contribution in [0.2, 0.25) is 0 Å². The molecule has 94 valence electrons. The Kier molecular flexibility index (Phi) is 3.68. The summed E-state index contributed by atoms with van der Waals surface area (Å²) in [6.07, 6.45) is 2.52. The molecule has 1 aromatic heterocycles. The number of halogens is 1. The molecule has 0 N–H and O–H groups in total. The molecule has 0 bridgehead atoms. The number of nitro benzene ring substituents is 1. The van der Waals surface area contributed by atoms with Gasteiger partial charge in [-0.3, -0.25) is 10.1 Å². The second-order valence-electron chi connectivity index (χ2n) is 3.33. The molecular formula is C11H5BrN4O3. The fourth-order valence-corrected chi connectivity index (χ4v) is 1.55. The zero-order valence-corrected chi connectivity index (χ0v) is 10.9. The summed E-state index contributed by atoms with van der Waals surface area (Å²) in [4.78, 5) is 17.8. The molecule has 2 aromatic rings. The van der Waals surface area contributed by atoms with Crippen LogP contribution in [0.25, 0.3) is 0 Å². The molecule has 0 aliphatic heterocycles. The molecule has 1 aromatic carbocycles. The van der Waals surface area contributed by atoms with Crippen molar-refractivity contribution in [3.05, 3.63) is 50.9 Å². The number of nitriles is 1. The highest BCUT2D eigenvalue weighted by Crippen LogP contribution is 2.31. The topological polar surface area (TPSA) is 102 Å². The average molecular weight is 321 g/mol. The molecule has 7 nitrogen and oxygen atoms in total. The highest BCUT2D eigenvalue weighted by molar-refractivity contribution is 9.10. The van der Waals surface area contributed by atoms with E-state index in [2.05, 4.69) is 25.9 Å². The van der Waals surface area contributed by atoms with Crippen LogP contribution in [0.15, 0.2) is 35.1 Å². The van der Waals surface area contributed by atoms with Crippen molar-refractivity contribution in [1.29, 1.82) is 5.26 Å². The second kappa shape index (κ2) is 5.41. The molecular weight excluding hydrogens is 316 g/mol. The van der Waals surface area contributed by atoms with E-state index in [9.17, 15) is 10.1 Å². The van der Waals surface area contributed by atoms with Crippen LogP contribution in [0.1, 0.15) is 5.69 Å². The minimum Gasteiger partial charge on any atom is -0.436 e. The molecule has 0 aliphatic carbocycles. The van der Waals surface area contributed by atoms with E-state index in [1.165, 1.54) is 30.6 Å². The molecule has 0 unspecified atom stereocenters. The molecule has 0 fully saturated rings. The number of hydrogen-bond acceptors (Lipinski definition) is 6. The van der Waals surface area contributed by atoms with E-state index in [4.69, 9.17) is 10.00 Å². The predicted molar refractivity (Wildman–Crippen MR) is 67.6 cm³/mol. The standard InChI is InChI=1S/C11H5BrN4O3/c12-9-2-1-8(16(17)18)3-10(9)19-11-6-14-7(4-13)5-15-11/h1-3,5-6H. The third-order valence-electron chi connectivity index (χ3n) is 2.08. The highest BCUT2D eigenvalue weighted by atomic mass is 79.9. The van der Waals surface area contributed by atoms with Crippen LogP contribution in [0.4, 0.5) is 5.69 Å². The van der Waals surface area contributed by atoms with Crippen LogP contribution < -0.4 is 4.74 Å². The first-order chi connectivity index (χ1) is 9.10. The van der Waals surface area contributed by atoms with Crippen LogP contribution in [0.3, 0.4) is 0 Å². The van der Waals surface area contributed by atoms with Gasteiger partial charge in [-0.15, -0.1) is 0 Å². The molecule has 1 heterocycles. The lowest BCUT2D eigenvalue weighted by atomic mass is 10.3. The van der Waals surface area contributed by atoms with Crippen molar-refractivity contribution in [2.24, 2.45) is 0 Å². The quantitative estimate of drug-likeness (QED) is 0.636. The Morgan fingerprint density at radius 1 is 1.37 bits per heavy atom. The Morgan fingerprint density at radius 2 is 2.16 bits per heavy atom. The number of nitrogens with zero attached hydrogens (tertiary/aromatic N) is 4. The van der Waals surface area contributed by atoms with Gasteiger partial charge in [-0.2, -0.15) is 5.26 Å². The zero-order chi connectivity index (χ0) is 13.8. The molecule has 19 heavy (non-hydrogen) atoms. The van der Waals surface area contributed by atoms with E-state index in [0.717, 1.165) is 0 Å². The molecule has 2 rings (SSSR count). The first-order valence-corrected chi connectivity index (χ1v) is 5.73. The van der Waals surface area contributed by atoms with Crippen molar-refractivity contribution in [2.75, 3.05) is 0 Å². The molecule has 0 aliphatic rings. The lowest BCUT2D eigenvalue weighted by Gasteiger charge is -2.05. The lowest BCUT2D eigenvalue weighted by Crippen LogP contribution is -1.93. The van der Waals surface area contributed by atoms with E-state index in [-0.39, 0.29) is 23.0 Å². The fourth-order valence-electron chi connectivity index (χ4n) is 1.22. The molecule has 8 heteroatoms. The van der Waals surface area contributed by atoms with Gasteiger partial charge in [0.15, 0.2) is 11.4 Å². The molecule has 0 saturated heterocycles. The van der Waals surface area contributed by atoms with Crippen molar-refractivity contribution in [1.82, 2.24) is 9.97 Å². The predicted octanol–water partition coefficient (Wildman–Crippen LogP) is 2.81. The number of rotatable bonds is 3. The molecule has 0 spiro atoms. The second-order valence-corrected chi connectivity index (χ2v) is 4.18. The summed E-state index contributed by atoms with van der Waals surface area (Å²) in [7, 11) is 0. The minimum absolute atomic E-state index is 0.0974. The Balaban J connectivity index is 2.29.